The summed E-state index contributed by atoms with van der Waals surface area (Å²) in [4.78, 5) is 10.8. The monoisotopic (exact) mass is 201 g/mol. The molecule has 0 aromatic rings. The van der Waals surface area contributed by atoms with Gasteiger partial charge in [-0.3, -0.25) is 4.79 Å². The second kappa shape index (κ2) is 3.87. The maximum Gasteiger partial charge on any atom is 0.303 e. The number of nitrogens with two attached hydrogens (primary N) is 1. The summed E-state index contributed by atoms with van der Waals surface area (Å²) in [5.74, 6) is -0.773. The van der Waals surface area contributed by atoms with Crippen molar-refractivity contribution in [3.05, 3.63) is 0 Å². The Hall–Kier alpha value is -0.610. The second-order valence-electron chi connectivity index (χ2n) is 4.68. The van der Waals surface area contributed by atoms with Crippen LogP contribution in [0.3, 0.4) is 0 Å². The van der Waals surface area contributed by atoms with E-state index in [-0.39, 0.29) is 11.8 Å². The molecule has 0 bridgehead atoms. The van der Waals surface area contributed by atoms with Crippen LogP contribution in [0.4, 0.5) is 0 Å². The molecule has 4 heteroatoms. The predicted molar refractivity (Wildman–Crippen MR) is 53.0 cm³/mol. The Morgan fingerprint density at radius 2 is 2.00 bits per heavy atom. The summed E-state index contributed by atoms with van der Waals surface area (Å²) >= 11 is 0. The zero-order valence-electron chi connectivity index (χ0n) is 8.88. The Bertz CT molecular complexity index is 214. The number of ether oxygens (including phenoxy) is 1. The van der Waals surface area contributed by atoms with Gasteiger partial charge in [-0.15, -0.1) is 0 Å². The minimum Gasteiger partial charge on any atom is -0.481 e. The number of carboxylic acids is 1. The van der Waals surface area contributed by atoms with E-state index in [4.69, 9.17) is 15.6 Å². The van der Waals surface area contributed by atoms with Crippen LogP contribution in [0.2, 0.25) is 0 Å². The number of aliphatic carboxylic acids is 1. The van der Waals surface area contributed by atoms with Crippen LogP contribution < -0.4 is 5.73 Å². The van der Waals surface area contributed by atoms with Crippen molar-refractivity contribution in [2.24, 2.45) is 11.1 Å². The number of rotatable bonds is 3. The first kappa shape index (κ1) is 11.5. The van der Waals surface area contributed by atoms with Gasteiger partial charge in [0.1, 0.15) is 0 Å². The van der Waals surface area contributed by atoms with E-state index in [2.05, 4.69) is 0 Å². The fourth-order valence-corrected chi connectivity index (χ4v) is 2.10. The topological polar surface area (TPSA) is 72.6 Å². The fourth-order valence-electron chi connectivity index (χ4n) is 2.10. The summed E-state index contributed by atoms with van der Waals surface area (Å²) < 4.78 is 5.25. The van der Waals surface area contributed by atoms with Crippen LogP contribution in [0.5, 0.6) is 0 Å². The predicted octanol–water partition coefficient (Wildman–Crippen LogP) is 0.995. The maximum absolute atomic E-state index is 10.8. The van der Waals surface area contributed by atoms with Crippen LogP contribution in [0, 0.1) is 5.41 Å². The molecule has 0 aliphatic carbocycles. The van der Waals surface area contributed by atoms with Gasteiger partial charge >= 0.3 is 5.97 Å². The van der Waals surface area contributed by atoms with Gasteiger partial charge in [-0.25, -0.2) is 0 Å². The fraction of sp³-hybridized carbons (Fsp3) is 0.900. The van der Waals surface area contributed by atoms with Crippen LogP contribution in [-0.2, 0) is 9.53 Å². The van der Waals surface area contributed by atoms with Crippen molar-refractivity contribution in [3.63, 3.8) is 0 Å². The highest BCUT2D eigenvalue weighted by atomic mass is 16.5. The Morgan fingerprint density at radius 3 is 2.36 bits per heavy atom. The van der Waals surface area contributed by atoms with Crippen molar-refractivity contribution in [1.29, 1.82) is 0 Å². The van der Waals surface area contributed by atoms with E-state index in [1.165, 1.54) is 0 Å². The molecule has 0 unspecified atom stereocenters. The van der Waals surface area contributed by atoms with Gasteiger partial charge in [0.05, 0.1) is 6.42 Å². The van der Waals surface area contributed by atoms with Crippen LogP contribution >= 0.6 is 0 Å². The Balaban J connectivity index is 2.83. The van der Waals surface area contributed by atoms with E-state index >= 15 is 0 Å². The summed E-state index contributed by atoms with van der Waals surface area (Å²) in [6.45, 7) is 5.05. The number of carbonyl (C=O) groups is 1. The largest absolute Gasteiger partial charge is 0.481 e. The average molecular weight is 201 g/mol. The van der Waals surface area contributed by atoms with E-state index in [1.54, 1.807) is 0 Å². The molecule has 0 amide bonds. The third-order valence-corrected chi connectivity index (χ3v) is 3.31. The molecule has 3 N–H and O–H groups in total. The van der Waals surface area contributed by atoms with Gasteiger partial charge in [0.2, 0.25) is 0 Å². The van der Waals surface area contributed by atoms with E-state index in [0.29, 0.717) is 13.2 Å². The highest BCUT2D eigenvalue weighted by molar-refractivity contribution is 5.68. The Kier molecular flexibility index (Phi) is 3.17. The third-order valence-electron chi connectivity index (χ3n) is 3.31. The minimum atomic E-state index is -0.773. The first-order chi connectivity index (χ1) is 6.37. The van der Waals surface area contributed by atoms with E-state index < -0.39 is 11.5 Å². The molecule has 0 spiro atoms. The zero-order chi connectivity index (χ0) is 10.8. The summed E-state index contributed by atoms with van der Waals surface area (Å²) in [6.07, 6.45) is 1.62. The highest BCUT2D eigenvalue weighted by Crippen LogP contribution is 2.42. The van der Waals surface area contributed by atoms with Crippen LogP contribution in [0.25, 0.3) is 0 Å². The maximum atomic E-state index is 10.8. The SMILES string of the molecule is CC(C)(N)C1(CC(=O)O)CCOCC1. The zero-order valence-corrected chi connectivity index (χ0v) is 8.88. The van der Waals surface area contributed by atoms with E-state index in [1.807, 2.05) is 13.8 Å². The quantitative estimate of drug-likeness (QED) is 0.714. The van der Waals surface area contributed by atoms with Crippen molar-refractivity contribution in [1.82, 2.24) is 0 Å². The summed E-state index contributed by atoms with van der Waals surface area (Å²) in [7, 11) is 0. The Morgan fingerprint density at radius 1 is 1.50 bits per heavy atom. The van der Waals surface area contributed by atoms with Crippen molar-refractivity contribution in [2.75, 3.05) is 13.2 Å². The molecule has 1 saturated heterocycles. The van der Waals surface area contributed by atoms with Gasteiger partial charge in [0, 0.05) is 24.2 Å². The number of carboxylic acid groups (broad SMARTS) is 1. The summed E-state index contributed by atoms with van der Waals surface area (Å²) in [5.41, 5.74) is 5.30. The molecule has 4 nitrogen and oxygen atoms in total. The normalized spacial score (nSPS) is 21.9. The molecule has 1 heterocycles. The van der Waals surface area contributed by atoms with Crippen molar-refractivity contribution in [3.8, 4) is 0 Å². The summed E-state index contributed by atoms with van der Waals surface area (Å²) in [6, 6.07) is 0. The molecule has 0 aromatic heterocycles. The molecule has 0 atom stereocenters. The molecule has 0 aromatic carbocycles. The van der Waals surface area contributed by atoms with Crippen molar-refractivity contribution < 1.29 is 14.6 Å². The van der Waals surface area contributed by atoms with Gasteiger partial charge in [-0.2, -0.15) is 0 Å². The minimum absolute atomic E-state index is 0.139. The van der Waals surface area contributed by atoms with Crippen LogP contribution in [-0.4, -0.2) is 29.8 Å². The average Bonchev–Trinajstić information content (AvgIpc) is 2.02. The van der Waals surface area contributed by atoms with Gasteiger partial charge in [-0.1, -0.05) is 0 Å². The lowest BCUT2D eigenvalue weighted by Crippen LogP contribution is -2.54. The molecule has 0 saturated carbocycles. The second-order valence-corrected chi connectivity index (χ2v) is 4.68. The Labute approximate surface area is 84.4 Å². The van der Waals surface area contributed by atoms with Gasteiger partial charge in [-0.05, 0) is 26.7 Å². The lowest BCUT2D eigenvalue weighted by Gasteiger charge is -2.46. The molecule has 14 heavy (non-hydrogen) atoms. The number of hydrogen-bond donors (Lipinski definition) is 2. The number of hydrogen-bond acceptors (Lipinski definition) is 3. The van der Waals surface area contributed by atoms with Crippen LogP contribution in [0.1, 0.15) is 33.1 Å². The smallest absolute Gasteiger partial charge is 0.303 e. The van der Waals surface area contributed by atoms with E-state index in [9.17, 15) is 4.79 Å². The van der Waals surface area contributed by atoms with Crippen molar-refractivity contribution in [2.45, 2.75) is 38.6 Å². The molecule has 1 rings (SSSR count). The molecule has 1 aliphatic heterocycles. The molecular formula is C10H19NO3. The lowest BCUT2D eigenvalue weighted by molar-refractivity contribution is -0.143. The third kappa shape index (κ3) is 2.25. The molecule has 82 valence electrons. The lowest BCUT2D eigenvalue weighted by atomic mass is 9.65. The van der Waals surface area contributed by atoms with E-state index in [0.717, 1.165) is 12.8 Å². The molecular weight excluding hydrogens is 182 g/mol. The van der Waals surface area contributed by atoms with Crippen LogP contribution in [0.15, 0.2) is 0 Å². The standard InChI is InChI=1S/C10H19NO3/c1-9(2,11)10(7-8(12)13)3-5-14-6-4-10/h3-7,11H2,1-2H3,(H,12,13). The molecule has 1 fully saturated rings. The molecule has 1 aliphatic rings. The van der Waals surface area contributed by atoms with Gasteiger partial charge < -0.3 is 15.6 Å². The highest BCUT2D eigenvalue weighted by Gasteiger charge is 2.45. The van der Waals surface area contributed by atoms with Crippen molar-refractivity contribution >= 4 is 5.97 Å². The first-order valence-electron chi connectivity index (χ1n) is 4.96. The van der Waals surface area contributed by atoms with Gasteiger partial charge in [0.25, 0.3) is 0 Å². The van der Waals surface area contributed by atoms with Gasteiger partial charge in [0.15, 0.2) is 0 Å². The summed E-state index contributed by atoms with van der Waals surface area (Å²) in [5, 5.41) is 8.90. The first-order valence-corrected chi connectivity index (χ1v) is 4.96. The molecule has 0 radical (unpaired) electrons.